The van der Waals surface area contributed by atoms with Crippen LogP contribution in [0, 0.1) is 5.82 Å². The van der Waals surface area contributed by atoms with Crippen molar-refractivity contribution in [2.45, 2.75) is 19.6 Å². The number of alkyl halides is 2. The van der Waals surface area contributed by atoms with Crippen LogP contribution < -0.4 is 10.5 Å². The highest BCUT2D eigenvalue weighted by atomic mass is 19.3. The normalized spacial score (nSPS) is 13.0. The molecule has 0 aromatic heterocycles. The summed E-state index contributed by atoms with van der Waals surface area (Å²) < 4.78 is 40.7. The molecule has 1 atom stereocenters. The third-order valence-corrected chi connectivity index (χ3v) is 1.68. The number of halogens is 3. The van der Waals surface area contributed by atoms with Crippen molar-refractivity contribution in [2.24, 2.45) is 5.73 Å². The van der Waals surface area contributed by atoms with E-state index >= 15 is 0 Å². The molecule has 0 heterocycles. The lowest BCUT2D eigenvalue weighted by Gasteiger charge is -2.12. The third kappa shape index (κ3) is 2.63. The van der Waals surface area contributed by atoms with E-state index < -0.39 is 18.5 Å². The topological polar surface area (TPSA) is 35.2 Å². The van der Waals surface area contributed by atoms with Gasteiger partial charge in [-0.05, 0) is 25.1 Å². The molecule has 0 aliphatic carbocycles. The maximum Gasteiger partial charge on any atom is 0.387 e. The first-order valence-corrected chi connectivity index (χ1v) is 4.00. The third-order valence-electron chi connectivity index (χ3n) is 1.68. The maximum atomic E-state index is 12.7. The Hall–Kier alpha value is -1.23. The standard InChI is InChI=1S/C9H10F3NO/c1-5(13)7-4-6(10)2-3-8(7)14-9(11)12/h2-5,9H,13H2,1H3/t5-/m1/s1. The first kappa shape index (κ1) is 10.8. The Labute approximate surface area is 79.5 Å². The molecule has 0 radical (unpaired) electrons. The fourth-order valence-corrected chi connectivity index (χ4v) is 1.08. The van der Waals surface area contributed by atoms with Gasteiger partial charge < -0.3 is 10.5 Å². The lowest BCUT2D eigenvalue weighted by atomic mass is 10.1. The largest absolute Gasteiger partial charge is 0.434 e. The molecule has 1 aromatic rings. The highest BCUT2D eigenvalue weighted by Gasteiger charge is 2.13. The molecular formula is C9H10F3NO. The molecule has 1 aromatic carbocycles. The summed E-state index contributed by atoms with van der Waals surface area (Å²) in [7, 11) is 0. The van der Waals surface area contributed by atoms with Crippen LogP contribution in [-0.2, 0) is 0 Å². The molecular weight excluding hydrogens is 195 g/mol. The van der Waals surface area contributed by atoms with Gasteiger partial charge in [0.1, 0.15) is 11.6 Å². The smallest absolute Gasteiger partial charge is 0.387 e. The van der Waals surface area contributed by atoms with E-state index in [0.29, 0.717) is 0 Å². The average Bonchev–Trinajstić information content (AvgIpc) is 2.07. The molecule has 0 fully saturated rings. The molecule has 14 heavy (non-hydrogen) atoms. The van der Waals surface area contributed by atoms with E-state index in [9.17, 15) is 13.2 Å². The van der Waals surface area contributed by atoms with Crippen molar-refractivity contribution < 1.29 is 17.9 Å². The van der Waals surface area contributed by atoms with Gasteiger partial charge in [0.2, 0.25) is 0 Å². The predicted octanol–water partition coefficient (Wildman–Crippen LogP) is 2.45. The van der Waals surface area contributed by atoms with Crippen molar-refractivity contribution in [3.05, 3.63) is 29.6 Å². The first-order valence-electron chi connectivity index (χ1n) is 4.00. The van der Waals surface area contributed by atoms with Gasteiger partial charge in [0.15, 0.2) is 0 Å². The minimum absolute atomic E-state index is 0.0867. The van der Waals surface area contributed by atoms with Crippen molar-refractivity contribution >= 4 is 0 Å². The van der Waals surface area contributed by atoms with Crippen molar-refractivity contribution in [2.75, 3.05) is 0 Å². The predicted molar refractivity (Wildman–Crippen MR) is 45.6 cm³/mol. The molecule has 2 N–H and O–H groups in total. The molecule has 0 saturated heterocycles. The summed E-state index contributed by atoms with van der Waals surface area (Å²) in [4.78, 5) is 0. The summed E-state index contributed by atoms with van der Waals surface area (Å²) >= 11 is 0. The van der Waals surface area contributed by atoms with E-state index in [1.807, 2.05) is 0 Å². The van der Waals surface area contributed by atoms with E-state index in [1.54, 1.807) is 6.92 Å². The van der Waals surface area contributed by atoms with Gasteiger partial charge in [-0.2, -0.15) is 8.78 Å². The minimum atomic E-state index is -2.93. The second-order valence-corrected chi connectivity index (χ2v) is 2.85. The van der Waals surface area contributed by atoms with E-state index in [4.69, 9.17) is 5.73 Å². The van der Waals surface area contributed by atoms with Gasteiger partial charge >= 0.3 is 6.61 Å². The zero-order valence-electron chi connectivity index (χ0n) is 7.51. The number of rotatable bonds is 3. The fraction of sp³-hybridized carbons (Fsp3) is 0.333. The first-order chi connectivity index (χ1) is 6.50. The Kier molecular flexibility index (Phi) is 3.35. The quantitative estimate of drug-likeness (QED) is 0.822. The van der Waals surface area contributed by atoms with Crippen molar-refractivity contribution in [1.29, 1.82) is 0 Å². The second-order valence-electron chi connectivity index (χ2n) is 2.85. The Morgan fingerprint density at radius 1 is 1.36 bits per heavy atom. The maximum absolute atomic E-state index is 12.7. The zero-order valence-corrected chi connectivity index (χ0v) is 7.51. The van der Waals surface area contributed by atoms with Crippen molar-refractivity contribution in [1.82, 2.24) is 0 Å². The van der Waals surface area contributed by atoms with Gasteiger partial charge in [0, 0.05) is 11.6 Å². The number of hydrogen-bond donors (Lipinski definition) is 1. The summed E-state index contributed by atoms with van der Waals surface area (Å²) in [6.45, 7) is -1.37. The van der Waals surface area contributed by atoms with E-state index in [2.05, 4.69) is 4.74 Å². The molecule has 0 aliphatic rings. The van der Waals surface area contributed by atoms with Crippen LogP contribution in [0.5, 0.6) is 5.75 Å². The SMILES string of the molecule is C[C@@H](N)c1cc(F)ccc1OC(F)F. The number of nitrogens with two attached hydrogens (primary N) is 1. The lowest BCUT2D eigenvalue weighted by molar-refractivity contribution is -0.0506. The molecule has 2 nitrogen and oxygen atoms in total. The number of hydrogen-bond acceptors (Lipinski definition) is 2. The molecule has 0 aliphatic heterocycles. The summed E-state index contributed by atoms with van der Waals surface area (Å²) in [5.74, 6) is -0.615. The second kappa shape index (κ2) is 4.32. The van der Waals surface area contributed by atoms with Crippen LogP contribution in [0.4, 0.5) is 13.2 Å². The molecule has 0 spiro atoms. The summed E-state index contributed by atoms with van der Waals surface area (Å²) in [6.07, 6.45) is 0. The molecule has 5 heteroatoms. The number of benzene rings is 1. The van der Waals surface area contributed by atoms with E-state index in [1.165, 1.54) is 0 Å². The van der Waals surface area contributed by atoms with Crippen LogP contribution >= 0.6 is 0 Å². The van der Waals surface area contributed by atoms with Gasteiger partial charge in [0.05, 0.1) is 0 Å². The summed E-state index contributed by atoms with van der Waals surface area (Å²) in [5.41, 5.74) is 5.69. The van der Waals surface area contributed by atoms with E-state index in [0.717, 1.165) is 18.2 Å². The van der Waals surface area contributed by atoms with Crippen LogP contribution in [0.3, 0.4) is 0 Å². The molecule has 0 unspecified atom stereocenters. The Balaban J connectivity index is 3.02. The van der Waals surface area contributed by atoms with Gasteiger partial charge in [-0.3, -0.25) is 0 Å². The van der Waals surface area contributed by atoms with Gasteiger partial charge in [-0.25, -0.2) is 4.39 Å². The monoisotopic (exact) mass is 205 g/mol. The molecule has 0 saturated carbocycles. The van der Waals surface area contributed by atoms with Crippen molar-refractivity contribution in [3.8, 4) is 5.75 Å². The highest BCUT2D eigenvalue weighted by Crippen LogP contribution is 2.25. The van der Waals surface area contributed by atoms with Gasteiger partial charge in [0.25, 0.3) is 0 Å². The molecule has 1 rings (SSSR count). The van der Waals surface area contributed by atoms with Crippen molar-refractivity contribution in [3.63, 3.8) is 0 Å². The Morgan fingerprint density at radius 3 is 2.50 bits per heavy atom. The summed E-state index contributed by atoms with van der Waals surface area (Å²) in [5, 5.41) is 0. The van der Waals surface area contributed by atoms with Gasteiger partial charge in [-0.1, -0.05) is 0 Å². The molecule has 78 valence electrons. The fourth-order valence-electron chi connectivity index (χ4n) is 1.08. The van der Waals surface area contributed by atoms with Crippen LogP contribution in [0.25, 0.3) is 0 Å². The Bertz CT molecular complexity index is 315. The Morgan fingerprint density at radius 2 is 2.00 bits per heavy atom. The minimum Gasteiger partial charge on any atom is -0.434 e. The van der Waals surface area contributed by atoms with E-state index in [-0.39, 0.29) is 11.3 Å². The van der Waals surface area contributed by atoms with Crippen LogP contribution in [0.15, 0.2) is 18.2 Å². The van der Waals surface area contributed by atoms with Crippen LogP contribution in [0.1, 0.15) is 18.5 Å². The van der Waals surface area contributed by atoms with Gasteiger partial charge in [-0.15, -0.1) is 0 Å². The molecule has 0 bridgehead atoms. The van der Waals surface area contributed by atoms with Crippen LogP contribution in [0.2, 0.25) is 0 Å². The highest BCUT2D eigenvalue weighted by molar-refractivity contribution is 5.36. The average molecular weight is 205 g/mol. The summed E-state index contributed by atoms with van der Waals surface area (Å²) in [6, 6.07) is 2.71. The number of ether oxygens (including phenoxy) is 1. The lowest BCUT2D eigenvalue weighted by Crippen LogP contribution is -2.10. The molecule has 0 amide bonds. The zero-order chi connectivity index (χ0) is 10.7. The van der Waals surface area contributed by atoms with Crippen LogP contribution in [-0.4, -0.2) is 6.61 Å².